The van der Waals surface area contributed by atoms with Crippen molar-refractivity contribution in [2.75, 3.05) is 7.11 Å². The van der Waals surface area contributed by atoms with Crippen LogP contribution in [0.4, 0.5) is 4.39 Å². The zero-order valence-electron chi connectivity index (χ0n) is 20.9. The summed E-state index contributed by atoms with van der Waals surface area (Å²) >= 11 is 6.28. The van der Waals surface area contributed by atoms with Gasteiger partial charge in [0.1, 0.15) is 23.4 Å². The summed E-state index contributed by atoms with van der Waals surface area (Å²) in [6, 6.07) is 10.9. The molecule has 2 aromatic carbocycles. The van der Waals surface area contributed by atoms with Crippen LogP contribution < -0.4 is 10.1 Å². The largest absolute Gasteiger partial charge is 0.496 e. The highest BCUT2D eigenvalue weighted by atomic mass is 35.5. The molecule has 2 aliphatic rings. The SMILES string of the molecule is COc1cccc2[nH]c(C(=O)CC(CC3CC3)C(=O)NC(C#N)CC3C(=O)Cc4c(F)ccc(Cl)c43)cc12. The Labute approximate surface area is 224 Å². The van der Waals surface area contributed by atoms with Crippen LogP contribution in [-0.4, -0.2) is 35.6 Å². The number of amides is 1. The first-order valence-corrected chi connectivity index (χ1v) is 13.0. The van der Waals surface area contributed by atoms with Crippen LogP contribution in [0.2, 0.25) is 5.02 Å². The van der Waals surface area contributed by atoms with Gasteiger partial charge in [0.05, 0.1) is 18.9 Å². The predicted octanol–water partition coefficient (Wildman–Crippen LogP) is 5.27. The molecule has 2 N–H and O–H groups in total. The number of carbonyl (C=O) groups excluding carboxylic acids is 3. The fourth-order valence-corrected chi connectivity index (χ4v) is 5.68. The van der Waals surface area contributed by atoms with E-state index < -0.39 is 29.6 Å². The van der Waals surface area contributed by atoms with Crippen molar-refractivity contribution < 1.29 is 23.5 Å². The molecule has 1 saturated carbocycles. The average Bonchev–Trinajstić information content (AvgIpc) is 3.51. The molecule has 3 unspecified atom stereocenters. The number of hydrogen-bond acceptors (Lipinski definition) is 5. The summed E-state index contributed by atoms with van der Waals surface area (Å²) in [5.41, 5.74) is 1.80. The summed E-state index contributed by atoms with van der Waals surface area (Å²) in [6.45, 7) is 0. The Hall–Kier alpha value is -3.70. The van der Waals surface area contributed by atoms with E-state index in [0.717, 1.165) is 23.7 Å². The number of Topliss-reactive ketones (excluding diaryl/α,β-unsaturated/α-hetero) is 2. The van der Waals surface area contributed by atoms with Crippen molar-refractivity contribution in [3.8, 4) is 11.8 Å². The lowest BCUT2D eigenvalue weighted by molar-refractivity contribution is -0.126. The number of benzene rings is 2. The number of aromatic nitrogens is 1. The second-order valence-electron chi connectivity index (χ2n) is 10.2. The lowest BCUT2D eigenvalue weighted by atomic mass is 9.91. The Morgan fingerprint density at radius 3 is 2.76 bits per heavy atom. The molecule has 0 bridgehead atoms. The minimum atomic E-state index is -0.990. The molecule has 0 aliphatic heterocycles. The maximum atomic E-state index is 14.3. The average molecular weight is 536 g/mol. The number of hydrogen-bond donors (Lipinski definition) is 2. The fraction of sp³-hybridized carbons (Fsp3) is 0.379. The fourth-order valence-electron chi connectivity index (χ4n) is 5.37. The predicted molar refractivity (Wildman–Crippen MR) is 140 cm³/mol. The number of nitriles is 1. The molecular formula is C29H27ClFN3O4. The first kappa shape index (κ1) is 25.9. The standard InChI is InChI=1S/C29H27ClFN3O4/c1-38-27-4-2-3-23-19(27)12-24(34-23)26(36)10-16(9-15-5-6-15)29(37)33-17(14-32)11-20-25(35)13-18-22(31)8-7-21(30)28(18)20/h2-4,7-8,12,15-17,20,34H,5-6,9-11,13H2,1H3,(H,33,37). The Morgan fingerprint density at radius 2 is 2.05 bits per heavy atom. The molecule has 9 heteroatoms. The number of halogens is 2. The molecule has 196 valence electrons. The molecule has 3 aromatic rings. The quantitative estimate of drug-likeness (QED) is 0.344. The molecule has 5 rings (SSSR count). The number of fused-ring (bicyclic) bond motifs is 2. The molecule has 0 saturated heterocycles. The third-order valence-electron chi connectivity index (χ3n) is 7.54. The molecule has 1 amide bonds. The summed E-state index contributed by atoms with van der Waals surface area (Å²) in [7, 11) is 1.56. The van der Waals surface area contributed by atoms with Crippen LogP contribution in [0.3, 0.4) is 0 Å². The number of nitrogens with one attached hydrogen (secondary N) is 2. The second kappa shape index (κ2) is 10.6. The van der Waals surface area contributed by atoms with Gasteiger partial charge in [0.2, 0.25) is 5.91 Å². The van der Waals surface area contributed by atoms with Gasteiger partial charge in [-0.15, -0.1) is 0 Å². The van der Waals surface area contributed by atoms with E-state index >= 15 is 0 Å². The number of ketones is 2. The van der Waals surface area contributed by atoms with Crippen molar-refractivity contribution in [2.45, 2.75) is 50.5 Å². The third kappa shape index (κ3) is 5.16. The van der Waals surface area contributed by atoms with Crippen molar-refractivity contribution in [1.29, 1.82) is 5.26 Å². The second-order valence-corrected chi connectivity index (χ2v) is 10.6. The van der Waals surface area contributed by atoms with E-state index in [0.29, 0.717) is 29.3 Å². The van der Waals surface area contributed by atoms with Crippen LogP contribution in [0.25, 0.3) is 10.9 Å². The van der Waals surface area contributed by atoms with Crippen LogP contribution >= 0.6 is 11.6 Å². The van der Waals surface area contributed by atoms with E-state index in [4.69, 9.17) is 16.3 Å². The molecule has 3 atom stereocenters. The van der Waals surface area contributed by atoms with E-state index in [1.807, 2.05) is 18.2 Å². The number of H-pyrrole nitrogens is 1. The van der Waals surface area contributed by atoms with Crippen LogP contribution in [0.1, 0.15) is 59.6 Å². The van der Waals surface area contributed by atoms with Crippen molar-refractivity contribution in [3.05, 3.63) is 64.1 Å². The molecule has 7 nitrogen and oxygen atoms in total. The zero-order chi connectivity index (χ0) is 27.0. The summed E-state index contributed by atoms with van der Waals surface area (Å²) in [4.78, 5) is 42.3. The lowest BCUT2D eigenvalue weighted by Crippen LogP contribution is -2.40. The van der Waals surface area contributed by atoms with Crippen LogP contribution in [-0.2, 0) is 16.0 Å². The minimum absolute atomic E-state index is 0.0108. The van der Waals surface area contributed by atoms with Gasteiger partial charge in [-0.3, -0.25) is 14.4 Å². The number of methoxy groups -OCH3 is 1. The van der Waals surface area contributed by atoms with Gasteiger partial charge >= 0.3 is 0 Å². The monoisotopic (exact) mass is 535 g/mol. The van der Waals surface area contributed by atoms with Gasteiger partial charge in [-0.2, -0.15) is 5.26 Å². The van der Waals surface area contributed by atoms with Crippen LogP contribution in [0, 0.1) is 29.0 Å². The van der Waals surface area contributed by atoms with Gasteiger partial charge in [-0.25, -0.2) is 4.39 Å². The summed E-state index contributed by atoms with van der Waals surface area (Å²) in [6.07, 6.45) is 2.43. The van der Waals surface area contributed by atoms with Crippen LogP contribution in [0.5, 0.6) is 5.75 Å². The van der Waals surface area contributed by atoms with E-state index in [1.54, 1.807) is 13.2 Å². The first-order chi connectivity index (χ1) is 18.3. The zero-order valence-corrected chi connectivity index (χ0v) is 21.6. The van der Waals surface area contributed by atoms with Gasteiger partial charge in [-0.1, -0.05) is 30.5 Å². The highest BCUT2D eigenvalue weighted by Crippen LogP contribution is 2.40. The highest BCUT2D eigenvalue weighted by Gasteiger charge is 2.38. The number of ether oxygens (including phenoxy) is 1. The van der Waals surface area contributed by atoms with Crippen molar-refractivity contribution in [1.82, 2.24) is 10.3 Å². The number of rotatable bonds is 10. The van der Waals surface area contributed by atoms with Crippen molar-refractivity contribution in [2.24, 2.45) is 11.8 Å². The molecule has 0 spiro atoms. The Bertz CT molecular complexity index is 1470. The smallest absolute Gasteiger partial charge is 0.224 e. The van der Waals surface area contributed by atoms with Crippen LogP contribution in [0.15, 0.2) is 36.4 Å². The van der Waals surface area contributed by atoms with Crippen molar-refractivity contribution in [3.63, 3.8) is 0 Å². The van der Waals surface area contributed by atoms with Gasteiger partial charge < -0.3 is 15.0 Å². The van der Waals surface area contributed by atoms with Crippen molar-refractivity contribution >= 4 is 40.0 Å². The highest BCUT2D eigenvalue weighted by molar-refractivity contribution is 6.32. The number of carbonyl (C=O) groups is 3. The van der Waals surface area contributed by atoms with E-state index in [-0.39, 0.29) is 41.4 Å². The number of nitrogens with zero attached hydrogens (tertiary/aromatic N) is 1. The van der Waals surface area contributed by atoms with Gasteiger partial charge in [-0.05, 0) is 54.7 Å². The lowest BCUT2D eigenvalue weighted by Gasteiger charge is -2.21. The van der Waals surface area contributed by atoms with Gasteiger partial charge in [0.25, 0.3) is 0 Å². The van der Waals surface area contributed by atoms with E-state index in [9.17, 15) is 24.0 Å². The molecule has 2 aliphatic carbocycles. The maximum absolute atomic E-state index is 14.3. The van der Waals surface area contributed by atoms with E-state index in [1.165, 1.54) is 12.1 Å². The summed E-state index contributed by atoms with van der Waals surface area (Å²) < 4.78 is 19.6. The van der Waals surface area contributed by atoms with Gasteiger partial charge in [0, 0.05) is 46.2 Å². The Morgan fingerprint density at radius 1 is 1.26 bits per heavy atom. The third-order valence-corrected chi connectivity index (χ3v) is 7.87. The Balaban J connectivity index is 1.30. The summed E-state index contributed by atoms with van der Waals surface area (Å²) in [5, 5.41) is 13.6. The van der Waals surface area contributed by atoms with E-state index in [2.05, 4.69) is 16.4 Å². The minimum Gasteiger partial charge on any atom is -0.496 e. The van der Waals surface area contributed by atoms with Gasteiger partial charge in [0.15, 0.2) is 5.78 Å². The molecule has 1 aromatic heterocycles. The topological polar surface area (TPSA) is 112 Å². The molecule has 1 heterocycles. The molecule has 0 radical (unpaired) electrons. The summed E-state index contributed by atoms with van der Waals surface area (Å²) in [5.74, 6) is -1.73. The molecule has 1 fully saturated rings. The first-order valence-electron chi connectivity index (χ1n) is 12.7. The number of aromatic amines is 1. The molecule has 38 heavy (non-hydrogen) atoms. The normalized spacial score (nSPS) is 18.1. The Kier molecular flexibility index (Phi) is 7.22. The maximum Gasteiger partial charge on any atom is 0.224 e. The molecular weight excluding hydrogens is 509 g/mol.